The lowest BCUT2D eigenvalue weighted by molar-refractivity contribution is -0.158. The quantitative estimate of drug-likeness (QED) is 0.0618. The van der Waals surface area contributed by atoms with Crippen molar-refractivity contribution in [1.29, 1.82) is 0 Å². The molecular weight excluding hydrogens is 701 g/mol. The Morgan fingerprint density at radius 2 is 1.12 bits per heavy atom. The van der Waals surface area contributed by atoms with Gasteiger partial charge < -0.3 is 47.6 Å². The highest BCUT2D eigenvalue weighted by Gasteiger charge is 2.31. The molecule has 17 nitrogen and oxygen atoms in total. The van der Waals surface area contributed by atoms with E-state index in [2.05, 4.69) is 10.6 Å². The number of carbonyl (C=O) groups is 8. The largest absolute Gasteiger partial charge is 0.393 e. The summed E-state index contributed by atoms with van der Waals surface area (Å²) in [6, 6.07) is -1.80. The zero-order valence-electron chi connectivity index (χ0n) is 28.2. The number of aliphatic hydroxyl groups excluding tert-OH is 1. The Hall–Kier alpha value is -3.23. The molecule has 3 atom stereocenters. The average Bonchev–Trinajstić information content (AvgIpc) is 3.01. The second-order valence-electron chi connectivity index (χ2n) is 11.7. The highest BCUT2D eigenvalue weighted by molar-refractivity contribution is 8.00. The SMILES string of the molecule is CC(O)CC(=O)N[C@H](CSCCC(=O)N1CN(C(=O)CCSCCC(N)=O)CN(C(=O)CCSCC(=O)N[C@@H](C(N)=O)C(C)C)C1)C(N)=O. The average molecular weight is 751 g/mol. The van der Waals surface area contributed by atoms with Crippen LogP contribution in [0.15, 0.2) is 0 Å². The Morgan fingerprint density at radius 3 is 1.55 bits per heavy atom. The van der Waals surface area contributed by atoms with Crippen LogP contribution in [0.2, 0.25) is 0 Å². The summed E-state index contributed by atoms with van der Waals surface area (Å²) in [5.74, 6) is -2.37. The molecule has 278 valence electrons. The zero-order valence-corrected chi connectivity index (χ0v) is 30.7. The maximum Gasteiger partial charge on any atom is 0.240 e. The third kappa shape index (κ3) is 18.4. The minimum atomic E-state index is -0.993. The van der Waals surface area contributed by atoms with E-state index in [1.807, 2.05) is 0 Å². The monoisotopic (exact) mass is 750 g/mol. The van der Waals surface area contributed by atoms with Gasteiger partial charge in [0.05, 0.1) is 38.3 Å². The number of primary amides is 3. The third-order valence-corrected chi connectivity index (χ3v) is 9.93. The smallest absolute Gasteiger partial charge is 0.240 e. The number of hydrogen-bond donors (Lipinski definition) is 6. The van der Waals surface area contributed by atoms with Gasteiger partial charge in [0.1, 0.15) is 12.1 Å². The van der Waals surface area contributed by atoms with Gasteiger partial charge in [-0.1, -0.05) is 13.8 Å². The van der Waals surface area contributed by atoms with E-state index in [0.29, 0.717) is 11.5 Å². The molecule has 8 amide bonds. The third-order valence-electron chi connectivity index (χ3n) is 6.92. The molecule has 0 aliphatic carbocycles. The summed E-state index contributed by atoms with van der Waals surface area (Å²) in [7, 11) is 0. The van der Waals surface area contributed by atoms with Crippen molar-refractivity contribution in [3.8, 4) is 0 Å². The highest BCUT2D eigenvalue weighted by atomic mass is 32.2. The summed E-state index contributed by atoms with van der Waals surface area (Å²) >= 11 is 3.80. The first-order valence-electron chi connectivity index (χ1n) is 15.7. The molecule has 1 unspecified atom stereocenters. The summed E-state index contributed by atoms with van der Waals surface area (Å²) in [6.45, 7) is 4.82. The molecule has 1 rings (SSSR count). The Bertz CT molecular complexity index is 1180. The molecule has 0 saturated carbocycles. The van der Waals surface area contributed by atoms with Crippen LogP contribution in [-0.2, 0) is 38.4 Å². The number of hydrogen-bond acceptors (Lipinski definition) is 12. The standard InChI is InChI=1S/C29H50N8O9S3/c1-18(2)27(29(32)46)34-23(41)14-49-11-7-26(44)37-16-35(24(42)5-9-47-8-4-21(30)39)15-36(17-37)25(43)6-10-48-13-20(28(31)45)33-22(40)12-19(3)38/h18-20,27,38H,4-17H2,1-3H3,(H2,30,39)(H2,31,45)(H2,32,46)(H,33,40)(H,34,41)/t19?,20-,27-/m1/s1. The van der Waals surface area contributed by atoms with Gasteiger partial charge in [0.2, 0.25) is 47.3 Å². The topological polar surface area (TPSA) is 269 Å². The number of amides is 8. The van der Waals surface area contributed by atoms with Crippen molar-refractivity contribution in [3.63, 3.8) is 0 Å². The fraction of sp³-hybridized carbons (Fsp3) is 0.724. The van der Waals surface area contributed by atoms with Crippen LogP contribution in [0.5, 0.6) is 0 Å². The molecule has 1 saturated heterocycles. The van der Waals surface area contributed by atoms with Crippen LogP contribution in [0.3, 0.4) is 0 Å². The molecule has 1 aliphatic rings. The number of nitrogens with two attached hydrogens (primary N) is 3. The molecule has 0 aromatic heterocycles. The summed E-state index contributed by atoms with van der Waals surface area (Å²) in [5, 5.41) is 14.4. The Labute approximate surface area is 299 Å². The van der Waals surface area contributed by atoms with Gasteiger partial charge in [0, 0.05) is 54.4 Å². The van der Waals surface area contributed by atoms with Gasteiger partial charge in [-0.3, -0.25) is 38.4 Å². The van der Waals surface area contributed by atoms with Crippen molar-refractivity contribution in [2.24, 2.45) is 23.1 Å². The minimum absolute atomic E-state index is 0.00490. The molecule has 1 fully saturated rings. The number of carbonyl (C=O) groups excluding carboxylic acids is 8. The maximum absolute atomic E-state index is 13.2. The lowest BCUT2D eigenvalue weighted by Gasteiger charge is -2.42. The van der Waals surface area contributed by atoms with E-state index in [1.165, 1.54) is 56.9 Å². The lowest BCUT2D eigenvalue weighted by atomic mass is 10.0. The minimum Gasteiger partial charge on any atom is -0.393 e. The summed E-state index contributed by atoms with van der Waals surface area (Å²) in [5.41, 5.74) is 15.9. The Morgan fingerprint density at radius 1 is 0.653 bits per heavy atom. The van der Waals surface area contributed by atoms with Gasteiger partial charge in [-0.05, 0) is 12.8 Å². The van der Waals surface area contributed by atoms with Crippen LogP contribution in [0.4, 0.5) is 0 Å². The van der Waals surface area contributed by atoms with E-state index in [9.17, 15) is 43.5 Å². The van der Waals surface area contributed by atoms with Crippen molar-refractivity contribution >= 4 is 82.5 Å². The van der Waals surface area contributed by atoms with Gasteiger partial charge in [-0.15, -0.1) is 0 Å². The number of nitrogens with one attached hydrogen (secondary N) is 2. The van der Waals surface area contributed by atoms with Crippen molar-refractivity contribution < 1.29 is 43.5 Å². The fourth-order valence-corrected chi connectivity index (χ4v) is 6.89. The molecule has 0 spiro atoms. The van der Waals surface area contributed by atoms with Gasteiger partial charge in [-0.2, -0.15) is 35.3 Å². The molecule has 49 heavy (non-hydrogen) atoms. The number of rotatable bonds is 23. The first kappa shape index (κ1) is 43.8. The lowest BCUT2D eigenvalue weighted by Crippen LogP contribution is -2.59. The van der Waals surface area contributed by atoms with Crippen molar-refractivity contribution in [2.45, 2.75) is 71.1 Å². The first-order chi connectivity index (χ1) is 23.0. The molecule has 1 aliphatic heterocycles. The molecule has 0 aromatic rings. The van der Waals surface area contributed by atoms with Crippen LogP contribution in [0, 0.1) is 5.92 Å². The summed E-state index contributed by atoms with van der Waals surface area (Å²) in [6.07, 6.45) is -0.742. The molecule has 0 aromatic carbocycles. The molecule has 0 radical (unpaired) electrons. The van der Waals surface area contributed by atoms with Crippen LogP contribution < -0.4 is 27.8 Å². The Kier molecular flexibility index (Phi) is 20.8. The van der Waals surface area contributed by atoms with Crippen molar-refractivity contribution in [1.82, 2.24) is 25.3 Å². The fourth-order valence-electron chi connectivity index (χ4n) is 4.32. The number of nitrogens with zero attached hydrogens (tertiary/aromatic N) is 3. The normalized spacial score (nSPS) is 14.9. The van der Waals surface area contributed by atoms with Crippen LogP contribution in [-0.4, -0.2) is 140 Å². The molecule has 20 heteroatoms. The van der Waals surface area contributed by atoms with Crippen molar-refractivity contribution in [2.75, 3.05) is 54.5 Å². The second kappa shape index (κ2) is 23.2. The summed E-state index contributed by atoms with van der Waals surface area (Å²) in [4.78, 5) is 102. The first-order valence-corrected chi connectivity index (χ1v) is 19.2. The van der Waals surface area contributed by atoms with Crippen LogP contribution >= 0.6 is 35.3 Å². The van der Waals surface area contributed by atoms with E-state index in [0.717, 1.165) is 0 Å². The van der Waals surface area contributed by atoms with E-state index in [-0.39, 0.29) is 98.8 Å². The van der Waals surface area contributed by atoms with Gasteiger partial charge in [0.25, 0.3) is 0 Å². The highest BCUT2D eigenvalue weighted by Crippen LogP contribution is 2.16. The van der Waals surface area contributed by atoms with Crippen LogP contribution in [0.1, 0.15) is 52.9 Å². The van der Waals surface area contributed by atoms with Gasteiger partial charge in [0.15, 0.2) is 0 Å². The van der Waals surface area contributed by atoms with Crippen molar-refractivity contribution in [3.05, 3.63) is 0 Å². The van der Waals surface area contributed by atoms with E-state index in [1.54, 1.807) is 13.8 Å². The molecule has 1 heterocycles. The molecule has 9 N–H and O–H groups in total. The number of thioether (sulfide) groups is 3. The van der Waals surface area contributed by atoms with Crippen LogP contribution in [0.25, 0.3) is 0 Å². The molecular formula is C29H50N8O9S3. The van der Waals surface area contributed by atoms with Gasteiger partial charge in [-0.25, -0.2) is 0 Å². The second-order valence-corrected chi connectivity index (χ2v) is 15.2. The van der Waals surface area contributed by atoms with E-state index < -0.39 is 47.7 Å². The predicted octanol–water partition coefficient (Wildman–Crippen LogP) is -2.03. The number of aliphatic hydroxyl groups is 1. The predicted molar refractivity (Wildman–Crippen MR) is 188 cm³/mol. The van der Waals surface area contributed by atoms with E-state index in [4.69, 9.17) is 17.2 Å². The van der Waals surface area contributed by atoms with E-state index >= 15 is 0 Å². The Balaban J connectivity index is 2.78. The zero-order chi connectivity index (χ0) is 37.1. The molecule has 0 bridgehead atoms. The summed E-state index contributed by atoms with van der Waals surface area (Å²) < 4.78 is 0. The maximum atomic E-state index is 13.2. The van der Waals surface area contributed by atoms with Gasteiger partial charge >= 0.3 is 0 Å².